The fraction of sp³-hybridized carbons (Fsp3) is 0.0833. The van der Waals surface area contributed by atoms with Crippen LogP contribution in [-0.2, 0) is 0 Å². The summed E-state index contributed by atoms with van der Waals surface area (Å²) in [6, 6.07) is 26.1. The second-order valence-electron chi connectivity index (χ2n) is 6.49. The highest BCUT2D eigenvalue weighted by Crippen LogP contribution is 2.26. The van der Waals surface area contributed by atoms with Crippen LogP contribution in [0.2, 0.25) is 0 Å². The van der Waals surface area contributed by atoms with E-state index in [1.54, 1.807) is 7.11 Å². The van der Waals surface area contributed by atoms with E-state index in [0.29, 0.717) is 0 Å². The van der Waals surface area contributed by atoms with Gasteiger partial charge in [0.25, 0.3) is 0 Å². The third-order valence-corrected chi connectivity index (χ3v) is 4.58. The van der Waals surface area contributed by atoms with Crippen LogP contribution in [0.4, 0.5) is 5.69 Å². The third-order valence-electron chi connectivity index (χ3n) is 4.58. The molecule has 1 aromatic heterocycles. The van der Waals surface area contributed by atoms with Crippen LogP contribution < -0.4 is 4.74 Å². The van der Waals surface area contributed by atoms with E-state index in [0.717, 1.165) is 39.5 Å². The van der Waals surface area contributed by atoms with Crippen LogP contribution in [0.5, 0.6) is 5.75 Å². The molecule has 0 aliphatic carbocycles. The average molecular weight is 367 g/mol. The largest absolute Gasteiger partial charge is 0.497 e. The molecule has 4 nitrogen and oxygen atoms in total. The molecular formula is C24H21N3O. The van der Waals surface area contributed by atoms with Crippen molar-refractivity contribution in [3.8, 4) is 22.7 Å². The number of hydrogen-bond acceptors (Lipinski definition) is 3. The van der Waals surface area contributed by atoms with Crippen LogP contribution in [0.1, 0.15) is 11.1 Å². The van der Waals surface area contributed by atoms with Gasteiger partial charge in [0.05, 0.1) is 18.5 Å². The number of aliphatic imine (C=N–C) groups is 1. The molecular weight excluding hydrogens is 346 g/mol. The summed E-state index contributed by atoms with van der Waals surface area (Å²) >= 11 is 0. The van der Waals surface area contributed by atoms with E-state index < -0.39 is 0 Å². The monoisotopic (exact) mass is 367 g/mol. The van der Waals surface area contributed by atoms with Crippen LogP contribution in [0.25, 0.3) is 16.9 Å². The summed E-state index contributed by atoms with van der Waals surface area (Å²) in [6.45, 7) is 2.06. The Balaban J connectivity index is 1.78. The second-order valence-corrected chi connectivity index (χ2v) is 6.49. The maximum absolute atomic E-state index is 5.28. The lowest BCUT2D eigenvalue weighted by Gasteiger charge is -2.03. The van der Waals surface area contributed by atoms with Gasteiger partial charge >= 0.3 is 0 Å². The first-order valence-electron chi connectivity index (χ1n) is 9.14. The van der Waals surface area contributed by atoms with Crippen molar-refractivity contribution in [3.05, 3.63) is 96.2 Å². The second kappa shape index (κ2) is 7.92. The van der Waals surface area contributed by atoms with Gasteiger partial charge in [-0.2, -0.15) is 5.10 Å². The molecule has 3 aromatic carbocycles. The molecule has 28 heavy (non-hydrogen) atoms. The molecule has 0 radical (unpaired) electrons. The zero-order valence-electron chi connectivity index (χ0n) is 15.9. The minimum absolute atomic E-state index is 0.821. The number of rotatable bonds is 5. The first-order chi connectivity index (χ1) is 13.7. The number of methoxy groups -OCH3 is 1. The van der Waals surface area contributed by atoms with E-state index in [1.165, 1.54) is 0 Å². The van der Waals surface area contributed by atoms with E-state index in [2.05, 4.69) is 13.0 Å². The van der Waals surface area contributed by atoms with Crippen molar-refractivity contribution in [3.63, 3.8) is 0 Å². The third kappa shape index (κ3) is 3.71. The van der Waals surface area contributed by atoms with E-state index >= 15 is 0 Å². The average Bonchev–Trinajstić information content (AvgIpc) is 3.18. The lowest BCUT2D eigenvalue weighted by molar-refractivity contribution is 0.415. The summed E-state index contributed by atoms with van der Waals surface area (Å²) in [5.74, 6) is 0.821. The predicted molar refractivity (Wildman–Crippen MR) is 114 cm³/mol. The Morgan fingerprint density at radius 3 is 2.32 bits per heavy atom. The Morgan fingerprint density at radius 2 is 1.61 bits per heavy atom. The first-order valence-corrected chi connectivity index (χ1v) is 9.14. The van der Waals surface area contributed by atoms with Crippen LogP contribution in [0.15, 0.2) is 90.1 Å². The summed E-state index contributed by atoms with van der Waals surface area (Å²) in [5.41, 5.74) is 5.95. The molecule has 0 spiro atoms. The molecule has 138 valence electrons. The molecule has 0 atom stereocenters. The Bertz CT molecular complexity index is 1100. The number of ether oxygens (including phenoxy) is 1. The van der Waals surface area contributed by atoms with E-state index in [-0.39, 0.29) is 0 Å². The highest BCUT2D eigenvalue weighted by molar-refractivity contribution is 5.90. The maximum atomic E-state index is 5.28. The number of para-hydroxylation sites is 2. The zero-order chi connectivity index (χ0) is 19.3. The molecule has 1 heterocycles. The van der Waals surface area contributed by atoms with Crippen molar-refractivity contribution in [1.82, 2.24) is 9.78 Å². The first kappa shape index (κ1) is 17.7. The summed E-state index contributed by atoms with van der Waals surface area (Å²) in [4.78, 5) is 4.70. The van der Waals surface area contributed by atoms with Gasteiger partial charge in [-0.05, 0) is 55.0 Å². The Kier molecular flexibility index (Phi) is 5.02. The molecule has 0 aliphatic heterocycles. The van der Waals surface area contributed by atoms with Gasteiger partial charge in [-0.15, -0.1) is 0 Å². The molecule has 0 bridgehead atoms. The van der Waals surface area contributed by atoms with Crippen LogP contribution in [0, 0.1) is 6.92 Å². The SMILES string of the molecule is COc1ccc(-c2nn(-c3ccccc3)cc2C=Nc2ccccc2C)cc1. The summed E-state index contributed by atoms with van der Waals surface area (Å²) < 4.78 is 7.16. The van der Waals surface area contributed by atoms with Gasteiger partial charge in [-0.3, -0.25) is 4.99 Å². The molecule has 0 amide bonds. The van der Waals surface area contributed by atoms with Crippen molar-refractivity contribution < 1.29 is 4.74 Å². The summed E-state index contributed by atoms with van der Waals surface area (Å²) in [6.07, 6.45) is 3.89. The number of aryl methyl sites for hydroxylation is 1. The molecule has 0 N–H and O–H groups in total. The van der Waals surface area contributed by atoms with E-state index in [9.17, 15) is 0 Å². The fourth-order valence-electron chi connectivity index (χ4n) is 3.02. The maximum Gasteiger partial charge on any atom is 0.118 e. The van der Waals surface area contributed by atoms with Gasteiger partial charge in [-0.25, -0.2) is 4.68 Å². The molecule has 0 aliphatic rings. The lowest BCUT2D eigenvalue weighted by Crippen LogP contribution is -1.94. The van der Waals surface area contributed by atoms with Crippen LogP contribution in [0.3, 0.4) is 0 Å². The number of benzene rings is 3. The molecule has 4 aromatic rings. The molecule has 0 saturated heterocycles. The van der Waals surface area contributed by atoms with Gasteiger partial charge in [0.1, 0.15) is 11.4 Å². The van der Waals surface area contributed by atoms with Crippen LogP contribution >= 0.6 is 0 Å². The highest BCUT2D eigenvalue weighted by Gasteiger charge is 2.11. The van der Waals surface area contributed by atoms with E-state index in [4.69, 9.17) is 14.8 Å². The van der Waals surface area contributed by atoms with Gasteiger partial charge in [0.2, 0.25) is 0 Å². The standard InChI is InChI=1S/C24H21N3O/c1-18-8-6-7-11-23(18)25-16-20-17-27(21-9-4-3-5-10-21)26-24(20)19-12-14-22(28-2)15-13-19/h3-17H,1-2H3. The van der Waals surface area contributed by atoms with E-state index in [1.807, 2.05) is 89.9 Å². The molecule has 4 heteroatoms. The molecule has 0 saturated carbocycles. The lowest BCUT2D eigenvalue weighted by atomic mass is 10.1. The van der Waals surface area contributed by atoms with Gasteiger partial charge in [0, 0.05) is 23.5 Å². The molecule has 0 fully saturated rings. The normalized spacial score (nSPS) is 11.1. The van der Waals surface area contributed by atoms with Crippen molar-refractivity contribution >= 4 is 11.9 Å². The minimum Gasteiger partial charge on any atom is -0.497 e. The number of nitrogens with zero attached hydrogens (tertiary/aromatic N) is 3. The van der Waals surface area contributed by atoms with Crippen LogP contribution in [-0.4, -0.2) is 23.1 Å². The van der Waals surface area contributed by atoms with Gasteiger partial charge in [-0.1, -0.05) is 36.4 Å². The summed E-state index contributed by atoms with van der Waals surface area (Å²) in [5, 5.41) is 4.83. The van der Waals surface area contributed by atoms with Crippen molar-refractivity contribution in [1.29, 1.82) is 0 Å². The Labute approximate surface area is 164 Å². The quantitative estimate of drug-likeness (QED) is 0.430. The zero-order valence-corrected chi connectivity index (χ0v) is 15.9. The van der Waals surface area contributed by atoms with Gasteiger partial charge < -0.3 is 4.74 Å². The minimum atomic E-state index is 0.821. The smallest absolute Gasteiger partial charge is 0.118 e. The molecule has 4 rings (SSSR count). The van der Waals surface area contributed by atoms with Crippen molar-refractivity contribution in [2.45, 2.75) is 6.92 Å². The predicted octanol–water partition coefficient (Wildman–Crippen LogP) is 5.61. The highest BCUT2D eigenvalue weighted by atomic mass is 16.5. The Morgan fingerprint density at radius 1 is 0.893 bits per heavy atom. The fourth-order valence-corrected chi connectivity index (χ4v) is 3.02. The number of aromatic nitrogens is 2. The van der Waals surface area contributed by atoms with Gasteiger partial charge in [0.15, 0.2) is 0 Å². The van der Waals surface area contributed by atoms with Crippen molar-refractivity contribution in [2.75, 3.05) is 7.11 Å². The topological polar surface area (TPSA) is 39.4 Å². The van der Waals surface area contributed by atoms with Crippen molar-refractivity contribution in [2.24, 2.45) is 4.99 Å². The number of hydrogen-bond donors (Lipinski definition) is 0. The molecule has 0 unspecified atom stereocenters. The summed E-state index contributed by atoms with van der Waals surface area (Å²) in [7, 11) is 1.67. The Hall–Kier alpha value is -3.66.